The van der Waals surface area contributed by atoms with Crippen LogP contribution in [-0.4, -0.2) is 9.66 Å². The second kappa shape index (κ2) is 3.68. The van der Waals surface area contributed by atoms with E-state index in [0.717, 1.165) is 47.4 Å². The smallest absolute Gasteiger partial charge is 0.296 e. The van der Waals surface area contributed by atoms with Crippen molar-refractivity contribution in [3.05, 3.63) is 16.0 Å². The van der Waals surface area contributed by atoms with Crippen molar-refractivity contribution in [2.75, 3.05) is 17.3 Å². The zero-order chi connectivity index (χ0) is 14.1. The Bertz CT molecular complexity index is 600. The van der Waals surface area contributed by atoms with E-state index in [1.54, 1.807) is 0 Å². The van der Waals surface area contributed by atoms with Crippen LogP contribution in [0.5, 0.6) is 0 Å². The Hall–Kier alpha value is -1.72. The van der Waals surface area contributed by atoms with Crippen LogP contribution in [0.25, 0.3) is 0 Å². The molecule has 0 amide bonds. The summed E-state index contributed by atoms with van der Waals surface area (Å²) in [4.78, 5) is 16.5. The van der Waals surface area contributed by atoms with Crippen molar-refractivity contribution in [1.82, 2.24) is 9.66 Å². The topological polar surface area (TPSA) is 113 Å². The van der Waals surface area contributed by atoms with Gasteiger partial charge in [-0.1, -0.05) is 0 Å². The fraction of sp³-hybridized carbons (Fsp3) is 0.714. The zero-order valence-electron chi connectivity index (χ0n) is 11.5. The largest absolute Gasteiger partial charge is 0.393 e. The standard InChI is InChI=1S/C14H21N5O/c15-10-11(18-13(16)19(17)12(10)20)14-4-7-1-8(5-14)3-9(2-7)6-14/h7-9H,1-6,15,17H2,(H2,16,18). The van der Waals surface area contributed by atoms with Gasteiger partial charge in [0.2, 0.25) is 5.95 Å². The Morgan fingerprint density at radius 1 is 1.05 bits per heavy atom. The van der Waals surface area contributed by atoms with E-state index in [1.807, 2.05) is 0 Å². The van der Waals surface area contributed by atoms with E-state index in [-0.39, 0.29) is 17.1 Å². The van der Waals surface area contributed by atoms with Gasteiger partial charge in [0.15, 0.2) is 0 Å². The molecule has 0 aliphatic heterocycles. The van der Waals surface area contributed by atoms with Crippen LogP contribution in [0.15, 0.2) is 4.79 Å². The van der Waals surface area contributed by atoms with Gasteiger partial charge < -0.3 is 17.3 Å². The van der Waals surface area contributed by atoms with Crippen molar-refractivity contribution in [2.24, 2.45) is 17.8 Å². The minimum absolute atomic E-state index is 0.0274. The lowest BCUT2D eigenvalue weighted by molar-refractivity contribution is -0.00687. The van der Waals surface area contributed by atoms with Crippen molar-refractivity contribution in [1.29, 1.82) is 0 Å². The van der Waals surface area contributed by atoms with Crippen LogP contribution in [-0.2, 0) is 5.41 Å². The second-order valence-corrected chi connectivity index (χ2v) is 7.11. The van der Waals surface area contributed by atoms with Gasteiger partial charge in [-0.2, -0.15) is 4.68 Å². The molecule has 0 aromatic carbocycles. The Balaban J connectivity index is 1.87. The number of nitrogen functional groups attached to an aromatic ring is 3. The predicted octanol–water partition coefficient (Wildman–Crippen LogP) is 0.589. The molecule has 4 aliphatic rings. The highest BCUT2D eigenvalue weighted by atomic mass is 16.1. The highest BCUT2D eigenvalue weighted by molar-refractivity contribution is 5.49. The molecule has 6 nitrogen and oxygen atoms in total. The molecule has 1 heterocycles. The molecule has 1 aromatic heterocycles. The summed E-state index contributed by atoms with van der Waals surface area (Å²) in [6.07, 6.45) is 7.31. The molecule has 20 heavy (non-hydrogen) atoms. The summed E-state index contributed by atoms with van der Waals surface area (Å²) < 4.78 is 0.847. The third kappa shape index (κ3) is 1.45. The van der Waals surface area contributed by atoms with Gasteiger partial charge in [-0.05, 0) is 56.3 Å². The highest BCUT2D eigenvalue weighted by Gasteiger charge is 2.53. The minimum atomic E-state index is -0.414. The first-order chi connectivity index (χ1) is 9.48. The Labute approximate surface area is 117 Å². The molecule has 0 radical (unpaired) electrons. The van der Waals surface area contributed by atoms with Gasteiger partial charge in [-0.25, -0.2) is 4.98 Å². The summed E-state index contributed by atoms with van der Waals surface area (Å²) in [7, 11) is 0. The summed E-state index contributed by atoms with van der Waals surface area (Å²) in [5.74, 6) is 7.95. The lowest BCUT2D eigenvalue weighted by Gasteiger charge is -2.56. The van der Waals surface area contributed by atoms with E-state index >= 15 is 0 Å². The molecule has 4 bridgehead atoms. The average Bonchev–Trinajstić information content (AvgIpc) is 2.39. The lowest BCUT2D eigenvalue weighted by atomic mass is 9.48. The lowest BCUT2D eigenvalue weighted by Crippen LogP contribution is -2.50. The van der Waals surface area contributed by atoms with Gasteiger partial charge in [0, 0.05) is 5.41 Å². The van der Waals surface area contributed by atoms with Crippen LogP contribution in [0, 0.1) is 17.8 Å². The van der Waals surface area contributed by atoms with E-state index in [0.29, 0.717) is 0 Å². The van der Waals surface area contributed by atoms with Crippen LogP contribution in [0.2, 0.25) is 0 Å². The normalized spacial score (nSPS) is 38.3. The molecule has 6 N–H and O–H groups in total. The Morgan fingerprint density at radius 3 is 2.05 bits per heavy atom. The molecule has 0 spiro atoms. The molecule has 4 aliphatic carbocycles. The Kier molecular flexibility index (Phi) is 2.22. The average molecular weight is 275 g/mol. The van der Waals surface area contributed by atoms with E-state index in [1.165, 1.54) is 19.3 Å². The van der Waals surface area contributed by atoms with E-state index in [9.17, 15) is 4.79 Å². The summed E-state index contributed by atoms with van der Waals surface area (Å²) in [6.45, 7) is 0. The number of aromatic nitrogens is 2. The van der Waals surface area contributed by atoms with Gasteiger partial charge in [-0.3, -0.25) is 4.79 Å². The molecular formula is C14H21N5O. The van der Waals surface area contributed by atoms with Crippen LogP contribution in [0.1, 0.15) is 44.2 Å². The van der Waals surface area contributed by atoms with Crippen LogP contribution in [0.3, 0.4) is 0 Å². The monoisotopic (exact) mass is 275 g/mol. The van der Waals surface area contributed by atoms with Gasteiger partial charge in [0.1, 0.15) is 5.69 Å². The molecule has 108 valence electrons. The molecule has 0 unspecified atom stereocenters. The van der Waals surface area contributed by atoms with Crippen molar-refractivity contribution in [3.63, 3.8) is 0 Å². The van der Waals surface area contributed by atoms with E-state index in [4.69, 9.17) is 17.3 Å². The van der Waals surface area contributed by atoms with Gasteiger partial charge in [0.25, 0.3) is 5.56 Å². The minimum Gasteiger partial charge on any atom is -0.393 e. The van der Waals surface area contributed by atoms with Crippen molar-refractivity contribution in [2.45, 2.75) is 43.9 Å². The quantitative estimate of drug-likeness (QED) is 0.649. The zero-order valence-corrected chi connectivity index (χ0v) is 11.5. The van der Waals surface area contributed by atoms with Crippen LogP contribution >= 0.6 is 0 Å². The van der Waals surface area contributed by atoms with Gasteiger partial charge in [-0.15, -0.1) is 0 Å². The number of hydrogen-bond donors (Lipinski definition) is 3. The number of nitrogens with two attached hydrogens (primary N) is 3. The van der Waals surface area contributed by atoms with Gasteiger partial charge >= 0.3 is 0 Å². The summed E-state index contributed by atoms with van der Waals surface area (Å²) >= 11 is 0. The third-order valence-electron chi connectivity index (χ3n) is 5.72. The molecular weight excluding hydrogens is 254 g/mol. The molecule has 4 fully saturated rings. The molecule has 0 atom stereocenters. The molecule has 6 heteroatoms. The van der Waals surface area contributed by atoms with Crippen molar-refractivity contribution < 1.29 is 0 Å². The number of nitrogens with zero attached hydrogens (tertiary/aromatic N) is 2. The summed E-state index contributed by atoms with van der Waals surface area (Å²) in [5, 5.41) is 0. The van der Waals surface area contributed by atoms with Crippen molar-refractivity contribution in [3.8, 4) is 0 Å². The summed E-state index contributed by atoms with van der Waals surface area (Å²) in [6, 6.07) is 0. The summed E-state index contributed by atoms with van der Waals surface area (Å²) in [5.41, 5.74) is 12.3. The first kappa shape index (κ1) is 12.1. The molecule has 0 saturated heterocycles. The second-order valence-electron chi connectivity index (χ2n) is 7.11. The van der Waals surface area contributed by atoms with E-state index in [2.05, 4.69) is 4.98 Å². The number of anilines is 2. The maximum atomic E-state index is 12.1. The SMILES string of the molecule is Nc1c(C23CC4CC(CC(C4)C2)C3)nc(N)n(N)c1=O. The fourth-order valence-electron chi connectivity index (χ4n) is 5.37. The maximum Gasteiger partial charge on any atom is 0.296 e. The fourth-order valence-corrected chi connectivity index (χ4v) is 5.37. The predicted molar refractivity (Wildman–Crippen MR) is 77.3 cm³/mol. The number of hydrogen-bond acceptors (Lipinski definition) is 5. The van der Waals surface area contributed by atoms with Crippen LogP contribution < -0.4 is 22.9 Å². The molecule has 4 saturated carbocycles. The van der Waals surface area contributed by atoms with Crippen molar-refractivity contribution >= 4 is 11.6 Å². The Morgan fingerprint density at radius 2 is 1.55 bits per heavy atom. The first-order valence-electron chi connectivity index (χ1n) is 7.42. The molecule has 1 aromatic rings. The number of rotatable bonds is 1. The first-order valence-corrected chi connectivity index (χ1v) is 7.42. The van der Waals surface area contributed by atoms with E-state index < -0.39 is 5.56 Å². The van der Waals surface area contributed by atoms with Crippen LogP contribution in [0.4, 0.5) is 11.6 Å². The maximum absolute atomic E-state index is 12.1. The third-order valence-corrected chi connectivity index (χ3v) is 5.72. The van der Waals surface area contributed by atoms with Gasteiger partial charge in [0.05, 0.1) is 5.69 Å². The molecule has 5 rings (SSSR count). The highest BCUT2D eigenvalue weighted by Crippen LogP contribution is 2.60.